The quantitative estimate of drug-likeness (QED) is 0.876. The first-order chi connectivity index (χ1) is 10.1. The molecule has 2 aromatic rings. The molecule has 2 N–H and O–H groups in total. The van der Waals surface area contributed by atoms with Crippen molar-refractivity contribution in [2.24, 2.45) is 5.73 Å². The molecule has 2 atom stereocenters. The SMILES string of the molecule is CCC(N)C(Oc1cccc(C)c1)c1ccc(OC)cc1. The minimum absolute atomic E-state index is 0.0566. The summed E-state index contributed by atoms with van der Waals surface area (Å²) in [5.74, 6) is 1.68. The van der Waals surface area contributed by atoms with Crippen LogP contribution in [-0.4, -0.2) is 13.2 Å². The van der Waals surface area contributed by atoms with E-state index in [4.69, 9.17) is 15.2 Å². The van der Waals surface area contributed by atoms with E-state index in [1.165, 1.54) is 5.56 Å². The van der Waals surface area contributed by atoms with E-state index in [2.05, 4.69) is 19.9 Å². The summed E-state index contributed by atoms with van der Waals surface area (Å²) in [6, 6.07) is 15.9. The van der Waals surface area contributed by atoms with Gasteiger partial charge in [0.2, 0.25) is 0 Å². The second-order valence-electron chi connectivity index (χ2n) is 5.20. The van der Waals surface area contributed by atoms with Gasteiger partial charge in [0, 0.05) is 6.04 Å². The lowest BCUT2D eigenvalue weighted by molar-refractivity contribution is 0.171. The van der Waals surface area contributed by atoms with Crippen LogP contribution in [0, 0.1) is 6.92 Å². The molecule has 0 radical (unpaired) electrons. The molecule has 0 fully saturated rings. The molecule has 3 heteroatoms. The van der Waals surface area contributed by atoms with Crippen LogP contribution < -0.4 is 15.2 Å². The van der Waals surface area contributed by atoms with Gasteiger partial charge in [0.05, 0.1) is 7.11 Å². The maximum atomic E-state index is 6.25. The second kappa shape index (κ2) is 7.14. The molecule has 21 heavy (non-hydrogen) atoms. The minimum atomic E-state index is -0.164. The number of aryl methyl sites for hydroxylation is 1. The zero-order valence-electron chi connectivity index (χ0n) is 12.9. The van der Waals surface area contributed by atoms with Gasteiger partial charge in [0.15, 0.2) is 0 Å². The highest BCUT2D eigenvalue weighted by Crippen LogP contribution is 2.27. The van der Waals surface area contributed by atoms with Crippen molar-refractivity contribution < 1.29 is 9.47 Å². The van der Waals surface area contributed by atoms with Crippen molar-refractivity contribution in [3.63, 3.8) is 0 Å². The van der Waals surface area contributed by atoms with Crippen molar-refractivity contribution in [2.45, 2.75) is 32.4 Å². The van der Waals surface area contributed by atoms with E-state index in [1.54, 1.807) is 7.11 Å². The van der Waals surface area contributed by atoms with Crippen LogP contribution in [0.3, 0.4) is 0 Å². The molecule has 0 saturated carbocycles. The van der Waals surface area contributed by atoms with E-state index in [0.717, 1.165) is 23.5 Å². The molecule has 112 valence electrons. The molecule has 3 nitrogen and oxygen atoms in total. The molecule has 0 aliphatic rings. The molecule has 0 saturated heterocycles. The van der Waals surface area contributed by atoms with Gasteiger partial charge in [-0.2, -0.15) is 0 Å². The average Bonchev–Trinajstić information content (AvgIpc) is 2.52. The van der Waals surface area contributed by atoms with E-state index < -0.39 is 0 Å². The number of benzene rings is 2. The first kappa shape index (κ1) is 15.4. The topological polar surface area (TPSA) is 44.5 Å². The van der Waals surface area contributed by atoms with Gasteiger partial charge < -0.3 is 15.2 Å². The van der Waals surface area contributed by atoms with Crippen LogP contribution in [-0.2, 0) is 0 Å². The van der Waals surface area contributed by atoms with Crippen LogP contribution in [0.25, 0.3) is 0 Å². The maximum absolute atomic E-state index is 6.25. The summed E-state index contributed by atoms with van der Waals surface area (Å²) in [5, 5.41) is 0. The summed E-state index contributed by atoms with van der Waals surface area (Å²) >= 11 is 0. The maximum Gasteiger partial charge on any atom is 0.139 e. The van der Waals surface area contributed by atoms with Crippen LogP contribution in [0.2, 0.25) is 0 Å². The zero-order chi connectivity index (χ0) is 15.2. The number of nitrogens with two attached hydrogens (primary N) is 1. The molecular formula is C18H23NO2. The average molecular weight is 285 g/mol. The Morgan fingerprint density at radius 2 is 1.76 bits per heavy atom. The Morgan fingerprint density at radius 1 is 1.05 bits per heavy atom. The van der Waals surface area contributed by atoms with Gasteiger partial charge in [-0.25, -0.2) is 0 Å². The smallest absolute Gasteiger partial charge is 0.139 e. The van der Waals surface area contributed by atoms with Gasteiger partial charge in [0.1, 0.15) is 17.6 Å². The summed E-state index contributed by atoms with van der Waals surface area (Å²) in [6.45, 7) is 4.12. The fourth-order valence-corrected chi connectivity index (χ4v) is 2.25. The van der Waals surface area contributed by atoms with Crippen molar-refractivity contribution in [2.75, 3.05) is 7.11 Å². The van der Waals surface area contributed by atoms with Crippen molar-refractivity contribution >= 4 is 0 Å². The van der Waals surface area contributed by atoms with Gasteiger partial charge in [-0.3, -0.25) is 0 Å². The van der Waals surface area contributed by atoms with Crippen LogP contribution in [0.1, 0.15) is 30.6 Å². The molecule has 0 bridgehead atoms. The number of ether oxygens (including phenoxy) is 2. The summed E-state index contributed by atoms with van der Waals surface area (Å²) in [6.07, 6.45) is 0.686. The molecule has 0 amide bonds. The van der Waals surface area contributed by atoms with Crippen molar-refractivity contribution in [3.05, 3.63) is 59.7 Å². The fourth-order valence-electron chi connectivity index (χ4n) is 2.25. The van der Waals surface area contributed by atoms with E-state index in [1.807, 2.05) is 42.5 Å². The molecule has 0 aliphatic carbocycles. The van der Waals surface area contributed by atoms with Gasteiger partial charge in [-0.05, 0) is 48.7 Å². The summed E-state index contributed by atoms with van der Waals surface area (Å²) in [5.41, 5.74) is 8.48. The van der Waals surface area contributed by atoms with Crippen LogP contribution in [0.15, 0.2) is 48.5 Å². The zero-order valence-corrected chi connectivity index (χ0v) is 12.9. The third kappa shape index (κ3) is 3.99. The van der Waals surface area contributed by atoms with Crippen molar-refractivity contribution in [3.8, 4) is 11.5 Å². The highest BCUT2D eigenvalue weighted by Gasteiger charge is 2.20. The number of methoxy groups -OCH3 is 1. The Bertz CT molecular complexity index is 566. The Hall–Kier alpha value is -2.00. The Labute approximate surface area is 126 Å². The third-order valence-corrected chi connectivity index (χ3v) is 3.56. The Morgan fingerprint density at radius 3 is 2.33 bits per heavy atom. The normalized spacial score (nSPS) is 13.5. The minimum Gasteiger partial charge on any atom is -0.497 e. The number of hydrogen-bond acceptors (Lipinski definition) is 3. The molecule has 2 unspecified atom stereocenters. The van der Waals surface area contributed by atoms with E-state index in [0.29, 0.717) is 0 Å². The fraction of sp³-hybridized carbons (Fsp3) is 0.333. The van der Waals surface area contributed by atoms with Gasteiger partial charge in [-0.15, -0.1) is 0 Å². The van der Waals surface area contributed by atoms with Gasteiger partial charge >= 0.3 is 0 Å². The molecule has 0 spiro atoms. The summed E-state index contributed by atoms with van der Waals surface area (Å²) < 4.78 is 11.3. The lowest BCUT2D eigenvalue weighted by Crippen LogP contribution is -2.31. The first-order valence-electron chi connectivity index (χ1n) is 7.27. The Balaban J connectivity index is 2.25. The summed E-state index contributed by atoms with van der Waals surface area (Å²) in [7, 11) is 1.66. The van der Waals surface area contributed by atoms with Crippen molar-refractivity contribution in [1.82, 2.24) is 0 Å². The van der Waals surface area contributed by atoms with Crippen LogP contribution in [0.4, 0.5) is 0 Å². The monoisotopic (exact) mass is 285 g/mol. The molecule has 2 aromatic carbocycles. The molecule has 0 aromatic heterocycles. The highest BCUT2D eigenvalue weighted by atomic mass is 16.5. The number of rotatable bonds is 6. The largest absolute Gasteiger partial charge is 0.497 e. The lowest BCUT2D eigenvalue weighted by atomic mass is 10.0. The first-order valence-corrected chi connectivity index (χ1v) is 7.27. The van der Waals surface area contributed by atoms with Gasteiger partial charge in [0.25, 0.3) is 0 Å². The lowest BCUT2D eigenvalue weighted by Gasteiger charge is -2.25. The standard InChI is InChI=1S/C18H23NO2/c1-4-17(19)18(14-8-10-15(20-3)11-9-14)21-16-7-5-6-13(2)12-16/h5-12,17-18H,4,19H2,1-3H3. The molecule has 0 heterocycles. The van der Waals surface area contributed by atoms with Crippen LogP contribution >= 0.6 is 0 Å². The predicted octanol–water partition coefficient (Wildman–Crippen LogP) is 3.86. The third-order valence-electron chi connectivity index (χ3n) is 3.56. The van der Waals surface area contributed by atoms with Crippen LogP contribution in [0.5, 0.6) is 11.5 Å². The van der Waals surface area contributed by atoms with Gasteiger partial charge in [-0.1, -0.05) is 31.2 Å². The molecule has 2 rings (SSSR count). The van der Waals surface area contributed by atoms with E-state index in [9.17, 15) is 0 Å². The highest BCUT2D eigenvalue weighted by molar-refractivity contribution is 5.32. The van der Waals surface area contributed by atoms with Crippen molar-refractivity contribution in [1.29, 1.82) is 0 Å². The second-order valence-corrected chi connectivity index (χ2v) is 5.20. The van der Waals surface area contributed by atoms with E-state index >= 15 is 0 Å². The number of hydrogen-bond donors (Lipinski definition) is 1. The summed E-state index contributed by atoms with van der Waals surface area (Å²) in [4.78, 5) is 0. The Kier molecular flexibility index (Phi) is 5.23. The van der Waals surface area contributed by atoms with E-state index in [-0.39, 0.29) is 12.1 Å². The molecule has 0 aliphatic heterocycles. The molecular weight excluding hydrogens is 262 g/mol. The predicted molar refractivity (Wildman–Crippen MR) is 85.8 cm³/mol.